The number of unbranched alkanes of at least 4 members (excludes halogenated alkanes) is 12. The Hall–Kier alpha value is -3.07. The van der Waals surface area contributed by atoms with E-state index in [0.29, 0.717) is 0 Å². The van der Waals surface area contributed by atoms with Crippen LogP contribution in [0.4, 0.5) is 0 Å². The molecule has 3 aromatic carbocycles. The quantitative estimate of drug-likeness (QED) is 0.0157. The fourth-order valence-electron chi connectivity index (χ4n) is 9.08. The first-order chi connectivity index (χ1) is 32.1. The lowest BCUT2D eigenvalue weighted by Crippen LogP contribution is -2.41. The summed E-state index contributed by atoms with van der Waals surface area (Å²) >= 11 is 5.80. The van der Waals surface area contributed by atoms with Crippen LogP contribution >= 0.6 is 20.7 Å². The summed E-state index contributed by atoms with van der Waals surface area (Å²) in [6.07, 6.45) is 18.9. The maximum Gasteiger partial charge on any atom is 0.259 e. The Morgan fingerprint density at radius 1 is 0.773 bits per heavy atom. The summed E-state index contributed by atoms with van der Waals surface area (Å²) in [4.78, 5) is 4.51. The number of thiocarbonyl (C=S) groups is 1. The zero-order valence-electron chi connectivity index (χ0n) is 41.4. The molecule has 0 amide bonds. The van der Waals surface area contributed by atoms with Crippen molar-refractivity contribution in [2.45, 2.75) is 173 Å². The summed E-state index contributed by atoms with van der Waals surface area (Å²) < 4.78 is 41.2. The van der Waals surface area contributed by atoms with E-state index in [1.54, 1.807) is 14.2 Å². The molecule has 2 unspecified atom stereocenters. The monoisotopic (exact) mass is 942 g/mol. The Morgan fingerprint density at radius 3 is 1.79 bits per heavy atom. The highest BCUT2D eigenvalue weighted by Gasteiger charge is 2.47. The van der Waals surface area contributed by atoms with Gasteiger partial charge in [-0.1, -0.05) is 151 Å². The topological polar surface area (TPSA) is 75.0 Å². The second-order valence-corrected chi connectivity index (χ2v) is 20.1. The molecule has 0 aromatic heterocycles. The Morgan fingerprint density at radius 2 is 1.29 bits per heavy atom. The predicted octanol–water partition coefficient (Wildman–Crippen LogP) is 13.4. The molecule has 4 rings (SSSR count). The van der Waals surface area contributed by atoms with Crippen LogP contribution in [0.1, 0.15) is 154 Å². The van der Waals surface area contributed by atoms with E-state index in [4.69, 9.17) is 54.6 Å². The van der Waals surface area contributed by atoms with Crippen molar-refractivity contribution in [3.8, 4) is 11.5 Å². The predicted molar refractivity (Wildman–Crippen MR) is 278 cm³/mol. The van der Waals surface area contributed by atoms with Crippen LogP contribution in [0.15, 0.2) is 78.9 Å². The van der Waals surface area contributed by atoms with Crippen molar-refractivity contribution in [2.75, 3.05) is 40.5 Å². The summed E-state index contributed by atoms with van der Waals surface area (Å²) in [7, 11) is 8.72. The highest BCUT2D eigenvalue weighted by molar-refractivity contribution is 7.80. The lowest BCUT2D eigenvalue weighted by molar-refractivity contribution is -0.0717. The molecule has 1 N–H and O–H groups in total. The third-order valence-corrected chi connectivity index (χ3v) is 15.1. The summed E-state index contributed by atoms with van der Waals surface area (Å²) in [5.41, 5.74) is 1.74. The van der Waals surface area contributed by atoms with Crippen molar-refractivity contribution in [1.82, 2.24) is 9.99 Å². The maximum atomic E-state index is 7.46. The number of rotatable bonds is 34. The molecule has 2 radical (unpaired) electrons. The molecule has 5 atom stereocenters. The normalized spacial score (nSPS) is 17.9. The minimum atomic E-state index is -1.59. The van der Waals surface area contributed by atoms with Crippen molar-refractivity contribution in [3.05, 3.63) is 107 Å². The SMILES string of the molecule is [B][C@@H]1O[C@H](COC(c2ccccc2)(c2ccc(OC)cc2)c2ccc(OC)cc2)C(OP(OCC[N+]#[C-])N(C(C)C)C(C)C)[C@@H]1CCCNC(=S)CCCCCCCCCCCCCCC. The van der Waals surface area contributed by atoms with Gasteiger partial charge in [0.2, 0.25) is 6.54 Å². The van der Waals surface area contributed by atoms with Crippen LogP contribution in [-0.4, -0.2) is 88.3 Å². The van der Waals surface area contributed by atoms with Gasteiger partial charge in [-0.05, 0) is 94.3 Å². The Bertz CT molecular complexity index is 1740. The van der Waals surface area contributed by atoms with E-state index in [-0.39, 0.29) is 37.8 Å². The van der Waals surface area contributed by atoms with E-state index in [2.05, 4.69) is 85.8 Å². The smallest absolute Gasteiger partial charge is 0.259 e. The average molecular weight is 942 g/mol. The molecule has 362 valence electrons. The maximum absolute atomic E-state index is 7.46. The first-order valence-electron chi connectivity index (χ1n) is 25.0. The fraction of sp³-hybridized carbons (Fsp3) is 0.630. The van der Waals surface area contributed by atoms with Gasteiger partial charge in [-0.2, -0.15) is 0 Å². The number of hydrogen-bond acceptors (Lipinski definition) is 8. The first kappa shape index (κ1) is 55.5. The second kappa shape index (κ2) is 31.1. The highest BCUT2D eigenvalue weighted by Crippen LogP contribution is 2.51. The van der Waals surface area contributed by atoms with Gasteiger partial charge in [-0.15, -0.1) is 0 Å². The third-order valence-electron chi connectivity index (χ3n) is 12.6. The van der Waals surface area contributed by atoms with E-state index in [0.717, 1.165) is 65.4 Å². The molecule has 9 nitrogen and oxygen atoms in total. The van der Waals surface area contributed by atoms with Gasteiger partial charge in [0.1, 0.15) is 37.7 Å². The summed E-state index contributed by atoms with van der Waals surface area (Å²) in [6.45, 7) is 19.8. The van der Waals surface area contributed by atoms with Gasteiger partial charge >= 0.3 is 0 Å². The fourth-order valence-corrected chi connectivity index (χ4v) is 11.1. The first-order valence-corrected chi connectivity index (χ1v) is 26.5. The summed E-state index contributed by atoms with van der Waals surface area (Å²) in [6, 6.07) is 26.0. The van der Waals surface area contributed by atoms with Crippen molar-refractivity contribution >= 4 is 33.6 Å². The van der Waals surface area contributed by atoms with Crippen LogP contribution in [0.5, 0.6) is 11.5 Å². The molecule has 1 heterocycles. The van der Waals surface area contributed by atoms with Gasteiger partial charge < -0.3 is 38.2 Å². The summed E-state index contributed by atoms with van der Waals surface area (Å²) in [5.74, 6) is 1.34. The number of nitrogens with zero attached hydrogens (tertiary/aromatic N) is 2. The Balaban J connectivity index is 1.49. The molecule has 0 aliphatic carbocycles. The van der Waals surface area contributed by atoms with E-state index in [1.165, 1.54) is 77.0 Å². The standard InChI is InChI=1S/C54H81BN3O6PS/c1-9-10-11-12-13-14-15-16-17-18-19-20-24-29-51(66)57-38-25-28-49-52(64-65(62-40-39-56-6)58(42(2)3)43(4)5)50(63-53(49)55)41-61-54(44-26-22-21-23-27-44,45-30-34-47(59-7)35-31-45)46-32-36-48(60-8)37-33-46/h21-23,26-27,30-37,42-43,49-50,52-53H,9-20,24-25,28-29,38-41H2,1-5,7-8H3,(H,57,66)/t49-,50+,52?,53+,65?/m0/s1. The zero-order valence-corrected chi connectivity index (χ0v) is 43.1. The molecule has 0 spiro atoms. The number of nitrogens with one attached hydrogen (secondary N) is 1. The molecule has 1 aliphatic rings. The number of benzene rings is 3. The average Bonchev–Trinajstić information content (AvgIpc) is 3.62. The molecule has 3 aromatic rings. The van der Waals surface area contributed by atoms with Gasteiger partial charge in [0.25, 0.3) is 8.53 Å². The molecule has 1 fully saturated rings. The van der Waals surface area contributed by atoms with E-state index in [1.807, 2.05) is 42.5 Å². The van der Waals surface area contributed by atoms with Gasteiger partial charge in [0.15, 0.2) is 0 Å². The molecule has 0 bridgehead atoms. The molecule has 1 saturated heterocycles. The van der Waals surface area contributed by atoms with Gasteiger partial charge in [-0.3, -0.25) is 0 Å². The van der Waals surface area contributed by atoms with E-state index < -0.39 is 32.3 Å². The molecule has 1 aliphatic heterocycles. The number of ether oxygens (including phenoxy) is 4. The minimum absolute atomic E-state index is 0.129. The van der Waals surface area contributed by atoms with Crippen molar-refractivity contribution < 1.29 is 28.0 Å². The number of hydrogen-bond donors (Lipinski definition) is 1. The van der Waals surface area contributed by atoms with Crippen LogP contribution < -0.4 is 14.8 Å². The zero-order chi connectivity index (χ0) is 47.6. The lowest BCUT2D eigenvalue weighted by atomic mass is 9.79. The van der Waals surface area contributed by atoms with Crippen molar-refractivity contribution in [1.29, 1.82) is 0 Å². The van der Waals surface area contributed by atoms with E-state index in [9.17, 15) is 0 Å². The highest BCUT2D eigenvalue weighted by atomic mass is 32.1. The van der Waals surface area contributed by atoms with Crippen LogP contribution in [0.3, 0.4) is 0 Å². The summed E-state index contributed by atoms with van der Waals surface area (Å²) in [5, 5.41) is 3.54. The largest absolute Gasteiger partial charge is 0.497 e. The number of methoxy groups -OCH3 is 2. The molecule has 12 heteroatoms. The van der Waals surface area contributed by atoms with Crippen LogP contribution in [0.25, 0.3) is 4.85 Å². The van der Waals surface area contributed by atoms with E-state index >= 15 is 0 Å². The molecular formula is C54H81BN3O6PS. The Kier molecular flexibility index (Phi) is 26.2. The minimum Gasteiger partial charge on any atom is -0.497 e. The van der Waals surface area contributed by atoms with Gasteiger partial charge in [0, 0.05) is 30.5 Å². The third kappa shape index (κ3) is 17.5. The molecular weight excluding hydrogens is 860 g/mol. The van der Waals surface area contributed by atoms with Crippen LogP contribution in [0.2, 0.25) is 0 Å². The van der Waals surface area contributed by atoms with Crippen LogP contribution in [-0.2, 0) is 24.1 Å². The van der Waals surface area contributed by atoms with Gasteiger partial charge in [0.05, 0.1) is 31.9 Å². The van der Waals surface area contributed by atoms with Crippen molar-refractivity contribution in [3.63, 3.8) is 0 Å². The second-order valence-electron chi connectivity index (χ2n) is 18.2. The lowest BCUT2D eigenvalue weighted by Gasteiger charge is -2.39. The Labute approximate surface area is 408 Å². The van der Waals surface area contributed by atoms with Gasteiger partial charge in [-0.25, -0.2) is 11.2 Å². The molecule has 66 heavy (non-hydrogen) atoms. The van der Waals surface area contributed by atoms with Crippen LogP contribution in [0, 0.1) is 12.5 Å². The molecule has 0 saturated carbocycles. The van der Waals surface area contributed by atoms with Crippen molar-refractivity contribution in [2.24, 2.45) is 5.92 Å².